The molecule has 108 valence electrons. The fourth-order valence-corrected chi connectivity index (χ4v) is 2.32. The van der Waals surface area contributed by atoms with Gasteiger partial charge in [-0.25, -0.2) is 4.57 Å². The molecule has 0 aliphatic carbocycles. The number of nitrogens with zero attached hydrogens (tertiary/aromatic N) is 3. The zero-order valence-corrected chi connectivity index (χ0v) is 12.7. The topological polar surface area (TPSA) is 71.5 Å². The maximum Gasteiger partial charge on any atom is 0.294 e. The molecular formula is C15H17ClN5+. The van der Waals surface area contributed by atoms with Crippen LogP contribution in [0, 0.1) is 0 Å². The van der Waals surface area contributed by atoms with E-state index in [1.165, 1.54) is 0 Å². The number of hydrogen-bond donors (Lipinski definition) is 2. The molecule has 3 rings (SSSR count). The second-order valence-electron chi connectivity index (χ2n) is 5.36. The lowest BCUT2D eigenvalue weighted by Gasteiger charge is -2.02. The molecule has 0 saturated carbocycles. The summed E-state index contributed by atoms with van der Waals surface area (Å²) in [4.78, 5) is 12.1. The minimum atomic E-state index is 0.306. The number of nitrogens with one attached hydrogen (secondary N) is 1. The Morgan fingerprint density at radius 1 is 1.29 bits per heavy atom. The third-order valence-corrected chi connectivity index (χ3v) is 3.63. The van der Waals surface area contributed by atoms with Crippen LogP contribution in [0.25, 0.3) is 11.2 Å². The number of nitrogens with two attached hydrogens (primary N) is 1. The van der Waals surface area contributed by atoms with Crippen molar-refractivity contribution in [1.82, 2.24) is 15.0 Å². The molecule has 0 bridgehead atoms. The summed E-state index contributed by atoms with van der Waals surface area (Å²) < 4.78 is 1.98. The van der Waals surface area contributed by atoms with Crippen LogP contribution in [0.1, 0.15) is 31.2 Å². The summed E-state index contributed by atoms with van der Waals surface area (Å²) in [5.74, 6) is 1.69. The quantitative estimate of drug-likeness (QED) is 0.731. The van der Waals surface area contributed by atoms with E-state index < -0.39 is 0 Å². The van der Waals surface area contributed by atoms with E-state index in [9.17, 15) is 0 Å². The number of benzene rings is 1. The minimum Gasteiger partial charge on any atom is -0.368 e. The van der Waals surface area contributed by atoms with Crippen molar-refractivity contribution in [2.24, 2.45) is 0 Å². The number of imidazole rings is 1. The van der Waals surface area contributed by atoms with Gasteiger partial charge in [-0.1, -0.05) is 47.5 Å². The van der Waals surface area contributed by atoms with E-state index in [0.29, 0.717) is 18.3 Å². The van der Waals surface area contributed by atoms with Crippen molar-refractivity contribution in [1.29, 1.82) is 0 Å². The predicted molar refractivity (Wildman–Crippen MR) is 83.1 cm³/mol. The van der Waals surface area contributed by atoms with E-state index in [1.807, 2.05) is 28.8 Å². The maximum absolute atomic E-state index is 5.94. The highest BCUT2D eigenvalue weighted by Gasteiger charge is 2.19. The molecule has 21 heavy (non-hydrogen) atoms. The summed E-state index contributed by atoms with van der Waals surface area (Å²) >= 11 is 5.92. The molecule has 2 aromatic heterocycles. The van der Waals surface area contributed by atoms with Crippen LogP contribution in [0.2, 0.25) is 5.02 Å². The van der Waals surface area contributed by atoms with Gasteiger partial charge in [0.15, 0.2) is 11.3 Å². The Hall–Kier alpha value is -2.14. The molecule has 0 atom stereocenters. The second-order valence-corrected chi connectivity index (χ2v) is 5.80. The third kappa shape index (κ3) is 2.69. The Labute approximate surface area is 127 Å². The number of anilines is 1. The highest BCUT2D eigenvalue weighted by Crippen LogP contribution is 2.18. The van der Waals surface area contributed by atoms with Crippen LogP contribution < -0.4 is 10.3 Å². The number of rotatable bonds is 3. The summed E-state index contributed by atoms with van der Waals surface area (Å²) in [7, 11) is 0. The van der Waals surface area contributed by atoms with E-state index in [2.05, 4.69) is 28.8 Å². The molecule has 0 aliphatic rings. The molecule has 3 N–H and O–H groups in total. The Morgan fingerprint density at radius 2 is 2.00 bits per heavy atom. The van der Waals surface area contributed by atoms with Gasteiger partial charge < -0.3 is 10.7 Å². The molecule has 6 heteroatoms. The van der Waals surface area contributed by atoms with Crippen LogP contribution in [0.5, 0.6) is 0 Å². The number of fused-ring (bicyclic) bond motifs is 1. The van der Waals surface area contributed by atoms with Crippen molar-refractivity contribution in [2.75, 3.05) is 5.73 Å². The molecule has 0 saturated heterocycles. The standard InChI is InChI=1S/C15H16ClN5/c1-9(2)14-19-12-13(17)18-8-21(15(12)20-14)7-10-3-5-11(16)6-4-10/h3-6,8-9H,7H2,1-2H3,(H2,17,19,20)/p+1. The first-order valence-corrected chi connectivity index (χ1v) is 7.20. The zero-order chi connectivity index (χ0) is 15.0. The molecule has 3 aromatic rings. The summed E-state index contributed by atoms with van der Waals surface area (Å²) in [6, 6.07) is 7.74. The molecule has 2 heterocycles. The third-order valence-electron chi connectivity index (χ3n) is 3.38. The first-order chi connectivity index (χ1) is 10.0. The Kier molecular flexibility index (Phi) is 3.51. The van der Waals surface area contributed by atoms with Crippen molar-refractivity contribution in [2.45, 2.75) is 26.3 Å². The molecule has 1 aromatic carbocycles. The number of aromatic amines is 1. The fraction of sp³-hybridized carbons (Fsp3) is 0.267. The van der Waals surface area contributed by atoms with Crippen LogP contribution >= 0.6 is 11.6 Å². The lowest BCUT2D eigenvalue weighted by Crippen LogP contribution is -2.36. The van der Waals surface area contributed by atoms with Crippen molar-refractivity contribution in [3.05, 3.63) is 47.0 Å². The van der Waals surface area contributed by atoms with Gasteiger partial charge in [0.2, 0.25) is 12.1 Å². The number of halogens is 1. The van der Waals surface area contributed by atoms with E-state index in [1.54, 1.807) is 6.33 Å². The highest BCUT2D eigenvalue weighted by molar-refractivity contribution is 6.30. The summed E-state index contributed by atoms with van der Waals surface area (Å²) in [6.45, 7) is 4.85. The number of hydrogen-bond acceptors (Lipinski definition) is 3. The number of H-pyrrole nitrogens is 1. The average molecular weight is 303 g/mol. The molecule has 0 aliphatic heterocycles. The molecule has 0 unspecified atom stereocenters. The van der Waals surface area contributed by atoms with Crippen molar-refractivity contribution >= 4 is 28.6 Å². The zero-order valence-electron chi connectivity index (χ0n) is 12.0. The van der Waals surface area contributed by atoms with Gasteiger partial charge in [0.05, 0.1) is 6.54 Å². The molecule has 0 amide bonds. The predicted octanol–water partition coefficient (Wildman–Crippen LogP) is 2.65. The van der Waals surface area contributed by atoms with Crippen LogP contribution in [-0.4, -0.2) is 15.0 Å². The summed E-state index contributed by atoms with van der Waals surface area (Å²) in [5, 5.41) is 0.728. The van der Waals surface area contributed by atoms with Crippen LogP contribution in [0.4, 0.5) is 5.82 Å². The Bertz CT molecular complexity index is 777. The summed E-state index contributed by atoms with van der Waals surface area (Å²) in [6.07, 6.45) is 1.72. The SMILES string of the molecule is CC(C)c1nc2c([nH]1)c(N)nc[n+]2Cc1ccc(Cl)cc1. The highest BCUT2D eigenvalue weighted by atomic mass is 35.5. The van der Waals surface area contributed by atoms with E-state index >= 15 is 0 Å². The van der Waals surface area contributed by atoms with Crippen molar-refractivity contribution in [3.8, 4) is 0 Å². The van der Waals surface area contributed by atoms with Gasteiger partial charge in [-0.2, -0.15) is 0 Å². The smallest absolute Gasteiger partial charge is 0.294 e. The first-order valence-electron chi connectivity index (χ1n) is 6.82. The lowest BCUT2D eigenvalue weighted by molar-refractivity contribution is -0.667. The molecule has 5 nitrogen and oxygen atoms in total. The largest absolute Gasteiger partial charge is 0.368 e. The normalized spacial score (nSPS) is 11.4. The first kappa shape index (κ1) is 13.8. The lowest BCUT2D eigenvalue weighted by atomic mass is 10.2. The van der Waals surface area contributed by atoms with Crippen LogP contribution in [0.3, 0.4) is 0 Å². The van der Waals surface area contributed by atoms with Crippen molar-refractivity contribution in [3.63, 3.8) is 0 Å². The molecular weight excluding hydrogens is 286 g/mol. The van der Waals surface area contributed by atoms with Gasteiger partial charge in [-0.05, 0) is 17.7 Å². The average Bonchev–Trinajstić information content (AvgIpc) is 2.91. The van der Waals surface area contributed by atoms with E-state index in [0.717, 1.165) is 27.6 Å². The van der Waals surface area contributed by atoms with Gasteiger partial charge in [-0.3, -0.25) is 0 Å². The molecule has 0 fully saturated rings. The summed E-state index contributed by atoms with van der Waals surface area (Å²) in [5.41, 5.74) is 8.68. The van der Waals surface area contributed by atoms with Gasteiger partial charge in [-0.15, -0.1) is 0 Å². The van der Waals surface area contributed by atoms with Crippen LogP contribution in [-0.2, 0) is 6.54 Å². The van der Waals surface area contributed by atoms with Gasteiger partial charge >= 0.3 is 0 Å². The monoisotopic (exact) mass is 302 g/mol. The number of nitrogen functional groups attached to an aromatic ring is 1. The van der Waals surface area contributed by atoms with Crippen molar-refractivity contribution < 1.29 is 4.57 Å². The van der Waals surface area contributed by atoms with Gasteiger partial charge in [0, 0.05) is 10.9 Å². The van der Waals surface area contributed by atoms with Gasteiger partial charge in [0.1, 0.15) is 0 Å². The molecule has 0 radical (unpaired) electrons. The van der Waals surface area contributed by atoms with E-state index in [-0.39, 0.29) is 0 Å². The Morgan fingerprint density at radius 3 is 2.67 bits per heavy atom. The van der Waals surface area contributed by atoms with E-state index in [4.69, 9.17) is 17.3 Å². The minimum absolute atomic E-state index is 0.306. The fourth-order valence-electron chi connectivity index (χ4n) is 2.20. The van der Waals surface area contributed by atoms with Gasteiger partial charge in [0.25, 0.3) is 5.65 Å². The Balaban J connectivity index is 2.05. The second kappa shape index (κ2) is 5.33. The molecule has 0 spiro atoms. The van der Waals surface area contributed by atoms with Crippen LogP contribution in [0.15, 0.2) is 30.6 Å². The number of aromatic nitrogens is 4. The maximum atomic E-state index is 5.94.